The number of nitrogens with zero attached hydrogens (tertiary/aromatic N) is 4. The predicted octanol–water partition coefficient (Wildman–Crippen LogP) is 4.98. The molecule has 5 aromatic rings. The Labute approximate surface area is 148 Å². The van der Waals surface area contributed by atoms with E-state index in [4.69, 9.17) is 5.10 Å². The maximum absolute atomic E-state index is 4.81. The summed E-state index contributed by atoms with van der Waals surface area (Å²) in [5.41, 5.74) is 3.35. The Kier molecular flexibility index (Phi) is 3.15. The quantitative estimate of drug-likeness (QED) is 0.454. The van der Waals surface area contributed by atoms with Gasteiger partial charge in [0.15, 0.2) is 5.82 Å². The van der Waals surface area contributed by atoms with Crippen LogP contribution < -0.4 is 0 Å². The third-order valence-electron chi connectivity index (χ3n) is 4.29. The van der Waals surface area contributed by atoms with E-state index >= 15 is 0 Å². The van der Waals surface area contributed by atoms with E-state index in [-0.39, 0.29) is 0 Å². The molecule has 0 aliphatic heterocycles. The molecule has 0 aliphatic carbocycles. The molecule has 0 amide bonds. The van der Waals surface area contributed by atoms with Gasteiger partial charge in [0.05, 0.1) is 0 Å². The van der Waals surface area contributed by atoms with E-state index in [0.717, 1.165) is 26.9 Å². The van der Waals surface area contributed by atoms with Crippen LogP contribution in [0.2, 0.25) is 0 Å². The molecule has 0 spiro atoms. The van der Waals surface area contributed by atoms with Gasteiger partial charge in [-0.05, 0) is 23.8 Å². The van der Waals surface area contributed by atoms with Gasteiger partial charge in [0.1, 0.15) is 5.01 Å². The van der Waals surface area contributed by atoms with Crippen molar-refractivity contribution < 1.29 is 0 Å². The molecule has 5 rings (SSSR count). The maximum atomic E-state index is 4.81. The number of hydrogen-bond acceptors (Lipinski definition) is 4. The first-order chi connectivity index (χ1) is 12.3. The van der Waals surface area contributed by atoms with Crippen LogP contribution in [0.15, 0.2) is 66.7 Å². The minimum atomic E-state index is 0.779. The van der Waals surface area contributed by atoms with Gasteiger partial charge in [0, 0.05) is 11.1 Å². The molecule has 2 heterocycles. The lowest BCUT2D eigenvalue weighted by Crippen LogP contribution is -1.91. The van der Waals surface area contributed by atoms with Crippen molar-refractivity contribution in [1.82, 2.24) is 19.8 Å². The Balaban J connectivity index is 1.71. The Morgan fingerprint density at radius 1 is 0.880 bits per heavy atom. The van der Waals surface area contributed by atoms with E-state index in [1.165, 1.54) is 16.3 Å². The summed E-state index contributed by atoms with van der Waals surface area (Å²) >= 11 is 1.56. The van der Waals surface area contributed by atoms with E-state index in [0.29, 0.717) is 0 Å². The largest absolute Gasteiger partial charge is 0.235 e. The number of benzene rings is 3. The number of hydrogen-bond donors (Lipinski definition) is 0. The van der Waals surface area contributed by atoms with Crippen LogP contribution in [-0.4, -0.2) is 19.8 Å². The highest BCUT2D eigenvalue weighted by molar-refractivity contribution is 7.19. The van der Waals surface area contributed by atoms with Crippen LogP contribution in [-0.2, 0) is 0 Å². The van der Waals surface area contributed by atoms with Crippen LogP contribution in [0.4, 0.5) is 0 Å². The lowest BCUT2D eigenvalue weighted by atomic mass is 10.1. The number of fused-ring (bicyclic) bond motifs is 2. The third-order valence-corrected chi connectivity index (χ3v) is 5.22. The second kappa shape index (κ2) is 5.50. The molecule has 0 aliphatic rings. The highest BCUT2D eigenvalue weighted by Crippen LogP contribution is 2.32. The first kappa shape index (κ1) is 14.3. The summed E-state index contributed by atoms with van der Waals surface area (Å²) in [7, 11) is 0. The lowest BCUT2D eigenvalue weighted by Gasteiger charge is -2.02. The molecular weight excluding hydrogens is 328 g/mol. The van der Waals surface area contributed by atoms with Crippen molar-refractivity contribution >= 4 is 27.1 Å². The van der Waals surface area contributed by atoms with Crippen molar-refractivity contribution in [3.05, 3.63) is 72.3 Å². The zero-order valence-electron chi connectivity index (χ0n) is 13.5. The van der Waals surface area contributed by atoms with Crippen molar-refractivity contribution in [2.45, 2.75) is 6.92 Å². The average molecular weight is 342 g/mol. The van der Waals surface area contributed by atoms with Crippen LogP contribution in [0, 0.1) is 6.92 Å². The van der Waals surface area contributed by atoms with Crippen molar-refractivity contribution in [2.75, 3.05) is 0 Å². The van der Waals surface area contributed by atoms with E-state index < -0.39 is 0 Å². The lowest BCUT2D eigenvalue weighted by molar-refractivity contribution is 0.971. The molecule has 0 atom stereocenters. The molecular formula is C20H14N4S. The molecule has 2 aromatic heterocycles. The summed E-state index contributed by atoms with van der Waals surface area (Å²) in [6.45, 7) is 2.07. The summed E-state index contributed by atoms with van der Waals surface area (Å²) in [5, 5.41) is 16.8. The molecule has 0 fully saturated rings. The van der Waals surface area contributed by atoms with Crippen molar-refractivity contribution in [1.29, 1.82) is 0 Å². The molecule has 0 bridgehead atoms. The van der Waals surface area contributed by atoms with Gasteiger partial charge < -0.3 is 0 Å². The number of rotatable bonds is 2. The minimum Gasteiger partial charge on any atom is -0.182 e. The van der Waals surface area contributed by atoms with E-state index in [1.807, 2.05) is 16.6 Å². The Bertz CT molecular complexity index is 1210. The number of aromatic nitrogens is 4. The Hall–Kier alpha value is -3.05. The standard InChI is InChI=1S/C20H14N4S/c1-13-6-4-9-15(12-13)18-21-22-20-24(18)23-19(25-20)17-11-5-8-14-7-2-3-10-16(14)17/h2-12H,1H3. The first-order valence-corrected chi connectivity index (χ1v) is 8.89. The molecule has 0 saturated carbocycles. The smallest absolute Gasteiger partial charge is 0.182 e. The molecule has 120 valence electrons. The number of aryl methyl sites for hydroxylation is 1. The molecule has 3 aromatic carbocycles. The van der Waals surface area contributed by atoms with Gasteiger partial charge in [-0.2, -0.15) is 9.61 Å². The van der Waals surface area contributed by atoms with Gasteiger partial charge in [-0.15, -0.1) is 10.2 Å². The van der Waals surface area contributed by atoms with Crippen LogP contribution >= 0.6 is 11.3 Å². The van der Waals surface area contributed by atoms with E-state index in [1.54, 1.807) is 11.3 Å². The molecule has 0 saturated heterocycles. The molecule has 0 N–H and O–H groups in total. The SMILES string of the molecule is Cc1cccc(-c2nnc3sc(-c4cccc5ccccc45)nn23)c1. The van der Waals surface area contributed by atoms with Crippen molar-refractivity contribution in [3.8, 4) is 22.0 Å². The van der Waals surface area contributed by atoms with Crippen molar-refractivity contribution in [2.24, 2.45) is 0 Å². The van der Waals surface area contributed by atoms with Gasteiger partial charge in [0.2, 0.25) is 4.96 Å². The summed E-state index contributed by atoms with van der Waals surface area (Å²) in [6.07, 6.45) is 0. The van der Waals surface area contributed by atoms with Crippen LogP contribution in [0.25, 0.3) is 37.7 Å². The zero-order valence-corrected chi connectivity index (χ0v) is 14.4. The Morgan fingerprint density at radius 3 is 2.64 bits per heavy atom. The van der Waals surface area contributed by atoms with E-state index in [2.05, 4.69) is 71.7 Å². The van der Waals surface area contributed by atoms with Crippen LogP contribution in [0.1, 0.15) is 5.56 Å². The molecule has 0 unspecified atom stereocenters. The summed E-state index contributed by atoms with van der Waals surface area (Å²) in [5.74, 6) is 0.779. The van der Waals surface area contributed by atoms with Gasteiger partial charge in [-0.25, -0.2) is 0 Å². The van der Waals surface area contributed by atoms with Crippen LogP contribution in [0.5, 0.6) is 0 Å². The fourth-order valence-electron chi connectivity index (χ4n) is 3.10. The highest BCUT2D eigenvalue weighted by atomic mass is 32.1. The topological polar surface area (TPSA) is 43.1 Å². The van der Waals surface area contributed by atoms with Crippen molar-refractivity contribution in [3.63, 3.8) is 0 Å². The minimum absolute atomic E-state index is 0.779. The predicted molar refractivity (Wildman–Crippen MR) is 102 cm³/mol. The highest BCUT2D eigenvalue weighted by Gasteiger charge is 2.15. The van der Waals surface area contributed by atoms with Gasteiger partial charge in [-0.1, -0.05) is 77.6 Å². The third kappa shape index (κ3) is 2.32. The summed E-state index contributed by atoms with van der Waals surface area (Å²) < 4.78 is 1.84. The molecule has 5 heteroatoms. The molecule has 0 radical (unpaired) electrons. The van der Waals surface area contributed by atoms with Gasteiger partial charge in [0.25, 0.3) is 0 Å². The fourth-order valence-corrected chi connectivity index (χ4v) is 3.98. The van der Waals surface area contributed by atoms with Gasteiger partial charge >= 0.3 is 0 Å². The monoisotopic (exact) mass is 342 g/mol. The second-order valence-corrected chi connectivity index (χ2v) is 6.98. The normalized spacial score (nSPS) is 11.4. The summed E-state index contributed by atoms with van der Waals surface area (Å²) in [4.78, 5) is 0.805. The molecule has 4 nitrogen and oxygen atoms in total. The zero-order chi connectivity index (χ0) is 16.8. The molecule has 25 heavy (non-hydrogen) atoms. The van der Waals surface area contributed by atoms with Crippen LogP contribution in [0.3, 0.4) is 0 Å². The fraction of sp³-hybridized carbons (Fsp3) is 0.0500. The Morgan fingerprint density at radius 2 is 1.72 bits per heavy atom. The summed E-state index contributed by atoms with van der Waals surface area (Å²) in [6, 6.07) is 22.9. The van der Waals surface area contributed by atoms with Gasteiger partial charge in [-0.3, -0.25) is 0 Å². The maximum Gasteiger partial charge on any atom is 0.235 e. The second-order valence-electron chi connectivity index (χ2n) is 6.02. The van der Waals surface area contributed by atoms with E-state index in [9.17, 15) is 0 Å². The first-order valence-electron chi connectivity index (χ1n) is 8.07. The average Bonchev–Trinajstić information content (AvgIpc) is 3.21.